The number of carbonyl (C=O) groups excluding carboxylic acids is 1. The Morgan fingerprint density at radius 1 is 0.700 bits per heavy atom. The van der Waals surface area contributed by atoms with Gasteiger partial charge < -0.3 is 10.6 Å². The molecule has 0 aliphatic carbocycles. The van der Waals surface area contributed by atoms with Crippen molar-refractivity contribution in [3.8, 4) is 11.1 Å². The van der Waals surface area contributed by atoms with Crippen molar-refractivity contribution in [1.29, 1.82) is 0 Å². The van der Waals surface area contributed by atoms with Gasteiger partial charge in [-0.15, -0.1) is 0 Å². The standard InChI is InChI=1S/C25H22N4O/c1-17-16-18(2)27-25(26-17)29-23-14-12-22(13-15-23)28-24(30)21-10-8-20(9-11-21)19-6-4-3-5-7-19/h3-16H,1-2H3,(H,28,30)(H,26,27,29). The number of aryl methyl sites for hydroxylation is 2. The third-order valence-corrected chi connectivity index (χ3v) is 4.64. The monoisotopic (exact) mass is 394 g/mol. The first-order valence-corrected chi connectivity index (χ1v) is 9.73. The Morgan fingerprint density at radius 2 is 1.27 bits per heavy atom. The molecule has 0 fully saturated rings. The van der Waals surface area contributed by atoms with Gasteiger partial charge in [-0.3, -0.25) is 4.79 Å². The number of carbonyl (C=O) groups is 1. The molecular weight excluding hydrogens is 372 g/mol. The average Bonchev–Trinajstić information content (AvgIpc) is 2.75. The molecule has 30 heavy (non-hydrogen) atoms. The highest BCUT2D eigenvalue weighted by Crippen LogP contribution is 2.21. The zero-order valence-electron chi connectivity index (χ0n) is 16.9. The Labute approximate surface area is 175 Å². The lowest BCUT2D eigenvalue weighted by Gasteiger charge is -2.09. The Morgan fingerprint density at radius 3 is 1.90 bits per heavy atom. The second-order valence-corrected chi connectivity index (χ2v) is 7.07. The molecule has 4 rings (SSSR count). The summed E-state index contributed by atoms with van der Waals surface area (Å²) in [4.78, 5) is 21.3. The van der Waals surface area contributed by atoms with Gasteiger partial charge in [0.15, 0.2) is 0 Å². The first kappa shape index (κ1) is 19.3. The van der Waals surface area contributed by atoms with Gasteiger partial charge in [0.2, 0.25) is 5.95 Å². The molecule has 1 heterocycles. The minimum Gasteiger partial charge on any atom is -0.324 e. The molecule has 0 radical (unpaired) electrons. The fourth-order valence-electron chi connectivity index (χ4n) is 3.20. The lowest BCUT2D eigenvalue weighted by atomic mass is 10.0. The largest absolute Gasteiger partial charge is 0.324 e. The molecule has 1 amide bonds. The van der Waals surface area contributed by atoms with Crippen molar-refractivity contribution >= 4 is 23.2 Å². The van der Waals surface area contributed by atoms with Crippen LogP contribution in [0.3, 0.4) is 0 Å². The Bertz CT molecular complexity index is 1130. The van der Waals surface area contributed by atoms with Crippen LogP contribution in [0.4, 0.5) is 17.3 Å². The SMILES string of the molecule is Cc1cc(C)nc(Nc2ccc(NC(=O)c3ccc(-c4ccccc4)cc3)cc2)n1. The van der Waals surface area contributed by atoms with E-state index < -0.39 is 0 Å². The van der Waals surface area contributed by atoms with E-state index in [1.165, 1.54) is 0 Å². The van der Waals surface area contributed by atoms with Crippen LogP contribution in [0.1, 0.15) is 21.7 Å². The fourth-order valence-corrected chi connectivity index (χ4v) is 3.20. The summed E-state index contributed by atoms with van der Waals surface area (Å²) in [5, 5.41) is 6.11. The van der Waals surface area contributed by atoms with E-state index in [1.807, 2.05) is 98.8 Å². The van der Waals surface area contributed by atoms with Crippen molar-refractivity contribution < 1.29 is 4.79 Å². The van der Waals surface area contributed by atoms with Crippen molar-refractivity contribution in [1.82, 2.24) is 9.97 Å². The second-order valence-electron chi connectivity index (χ2n) is 7.07. The molecule has 0 unspecified atom stereocenters. The number of nitrogens with one attached hydrogen (secondary N) is 2. The summed E-state index contributed by atoms with van der Waals surface area (Å²) < 4.78 is 0. The van der Waals surface area contributed by atoms with Crippen LogP contribution in [0, 0.1) is 13.8 Å². The van der Waals surface area contributed by atoms with Crippen molar-refractivity contribution in [2.24, 2.45) is 0 Å². The molecular formula is C25H22N4O. The quantitative estimate of drug-likeness (QED) is 0.452. The summed E-state index contributed by atoms with van der Waals surface area (Å²) in [5.74, 6) is 0.413. The Balaban J connectivity index is 1.41. The Kier molecular flexibility index (Phi) is 5.52. The number of anilines is 3. The number of amides is 1. The van der Waals surface area contributed by atoms with Crippen molar-refractivity contribution in [2.45, 2.75) is 13.8 Å². The summed E-state index contributed by atoms with van der Waals surface area (Å²) >= 11 is 0. The van der Waals surface area contributed by atoms with Gasteiger partial charge in [-0.05, 0) is 67.4 Å². The topological polar surface area (TPSA) is 66.9 Å². The minimum absolute atomic E-state index is 0.145. The van der Waals surface area contributed by atoms with E-state index in [-0.39, 0.29) is 5.91 Å². The highest BCUT2D eigenvalue weighted by atomic mass is 16.1. The van der Waals surface area contributed by atoms with E-state index >= 15 is 0 Å². The van der Waals surface area contributed by atoms with Crippen LogP contribution in [0.5, 0.6) is 0 Å². The third kappa shape index (κ3) is 4.70. The third-order valence-electron chi connectivity index (χ3n) is 4.64. The van der Waals surface area contributed by atoms with Crippen molar-refractivity contribution in [2.75, 3.05) is 10.6 Å². The van der Waals surface area contributed by atoms with Crippen molar-refractivity contribution in [3.63, 3.8) is 0 Å². The fraction of sp³-hybridized carbons (Fsp3) is 0.0800. The molecule has 5 heteroatoms. The molecule has 5 nitrogen and oxygen atoms in total. The summed E-state index contributed by atoms with van der Waals surface area (Å²) in [6.07, 6.45) is 0. The average molecular weight is 394 g/mol. The normalized spacial score (nSPS) is 10.5. The van der Waals surface area contributed by atoms with Gasteiger partial charge in [-0.25, -0.2) is 9.97 Å². The molecule has 1 aromatic heterocycles. The number of hydrogen-bond acceptors (Lipinski definition) is 4. The van der Waals surface area contributed by atoms with Crippen molar-refractivity contribution in [3.05, 3.63) is 102 Å². The van der Waals surface area contributed by atoms with Gasteiger partial charge in [-0.1, -0.05) is 42.5 Å². The minimum atomic E-state index is -0.145. The molecule has 0 aliphatic rings. The van der Waals surface area contributed by atoms with Crippen LogP contribution in [0.2, 0.25) is 0 Å². The van der Waals surface area contributed by atoms with E-state index in [1.54, 1.807) is 0 Å². The highest BCUT2D eigenvalue weighted by Gasteiger charge is 2.07. The van der Waals surface area contributed by atoms with Gasteiger partial charge in [0, 0.05) is 28.3 Å². The van der Waals surface area contributed by atoms with Gasteiger partial charge >= 0.3 is 0 Å². The summed E-state index contributed by atoms with van der Waals surface area (Å²) in [5.41, 5.74) is 6.21. The predicted octanol–water partition coefficient (Wildman–Crippen LogP) is 5.76. The van der Waals surface area contributed by atoms with Gasteiger partial charge in [0.1, 0.15) is 0 Å². The lowest BCUT2D eigenvalue weighted by Crippen LogP contribution is -2.11. The predicted molar refractivity (Wildman–Crippen MR) is 121 cm³/mol. The molecule has 0 bridgehead atoms. The van der Waals surface area contributed by atoms with Crippen LogP contribution in [-0.2, 0) is 0 Å². The second kappa shape index (κ2) is 8.57. The van der Waals surface area contributed by atoms with Crippen LogP contribution in [-0.4, -0.2) is 15.9 Å². The molecule has 2 N–H and O–H groups in total. The molecule has 4 aromatic rings. The number of hydrogen-bond donors (Lipinski definition) is 2. The summed E-state index contributed by atoms with van der Waals surface area (Å²) in [7, 11) is 0. The van der Waals surface area contributed by atoms with Gasteiger partial charge in [0.25, 0.3) is 5.91 Å². The zero-order chi connectivity index (χ0) is 20.9. The van der Waals surface area contributed by atoms with Crippen LogP contribution >= 0.6 is 0 Å². The molecule has 0 spiro atoms. The van der Waals surface area contributed by atoms with Crippen LogP contribution < -0.4 is 10.6 Å². The van der Waals surface area contributed by atoms with Gasteiger partial charge in [0.05, 0.1) is 0 Å². The lowest BCUT2D eigenvalue weighted by molar-refractivity contribution is 0.102. The molecule has 0 atom stereocenters. The number of aromatic nitrogens is 2. The maximum atomic E-state index is 12.6. The van der Waals surface area contributed by atoms with Gasteiger partial charge in [-0.2, -0.15) is 0 Å². The van der Waals surface area contributed by atoms with Crippen LogP contribution in [0.15, 0.2) is 84.9 Å². The van der Waals surface area contributed by atoms with E-state index in [9.17, 15) is 4.79 Å². The Hall–Kier alpha value is -3.99. The summed E-state index contributed by atoms with van der Waals surface area (Å²) in [6, 6.07) is 27.1. The maximum Gasteiger partial charge on any atom is 0.255 e. The molecule has 0 saturated carbocycles. The van der Waals surface area contributed by atoms with E-state index in [0.29, 0.717) is 11.5 Å². The molecule has 0 saturated heterocycles. The van der Waals surface area contributed by atoms with E-state index in [2.05, 4.69) is 20.6 Å². The van der Waals surface area contributed by atoms with Crippen LogP contribution in [0.25, 0.3) is 11.1 Å². The highest BCUT2D eigenvalue weighted by molar-refractivity contribution is 6.04. The molecule has 0 aliphatic heterocycles. The molecule has 3 aromatic carbocycles. The zero-order valence-corrected chi connectivity index (χ0v) is 16.9. The number of rotatable bonds is 5. The van der Waals surface area contributed by atoms with E-state index in [4.69, 9.17) is 0 Å². The summed E-state index contributed by atoms with van der Waals surface area (Å²) in [6.45, 7) is 3.87. The maximum absolute atomic E-state index is 12.6. The smallest absolute Gasteiger partial charge is 0.255 e. The number of benzene rings is 3. The van der Waals surface area contributed by atoms with E-state index in [0.717, 1.165) is 33.9 Å². The number of nitrogens with zero attached hydrogens (tertiary/aromatic N) is 2. The molecule has 148 valence electrons. The first-order chi connectivity index (χ1) is 14.6. The first-order valence-electron chi connectivity index (χ1n) is 9.73.